The normalized spacial score (nSPS) is 17.4. The minimum Gasteiger partial charge on any atom is -0.516 e. The largest absolute Gasteiger partial charge is 0.516 e. The van der Waals surface area contributed by atoms with Crippen LogP contribution in [-0.2, 0) is 6.42 Å². The second-order valence-corrected chi connectivity index (χ2v) is 3.44. The lowest BCUT2D eigenvalue weighted by molar-refractivity contribution is 0.464. The Morgan fingerprint density at radius 1 is 1.50 bits per heavy atom. The topological polar surface area (TPSA) is 44.3 Å². The minimum atomic E-state index is 0.738. The van der Waals surface area contributed by atoms with Crippen LogP contribution in [0.4, 0.5) is 11.4 Å². The van der Waals surface area contributed by atoms with Crippen molar-refractivity contribution in [3.63, 3.8) is 0 Å². The van der Waals surface area contributed by atoms with Gasteiger partial charge in [0, 0.05) is 31.4 Å². The predicted molar refractivity (Wildman–Crippen MR) is 58.9 cm³/mol. The van der Waals surface area contributed by atoms with Crippen molar-refractivity contribution < 1.29 is 5.11 Å². The second-order valence-electron chi connectivity index (χ2n) is 3.44. The first-order valence-corrected chi connectivity index (χ1v) is 4.70. The zero-order chi connectivity index (χ0) is 9.97. The zero-order valence-electron chi connectivity index (χ0n) is 8.17. The third kappa shape index (κ3) is 1.53. The summed E-state index contributed by atoms with van der Waals surface area (Å²) < 4.78 is 0. The van der Waals surface area contributed by atoms with E-state index in [1.807, 2.05) is 13.1 Å². The Morgan fingerprint density at radius 2 is 2.36 bits per heavy atom. The summed E-state index contributed by atoms with van der Waals surface area (Å²) in [6.45, 7) is 0.738. The van der Waals surface area contributed by atoms with Crippen LogP contribution in [0.3, 0.4) is 0 Å². The molecule has 0 atom stereocenters. The molecule has 1 aliphatic rings. The fraction of sp³-hybridized carbons (Fsp3) is 0.273. The van der Waals surface area contributed by atoms with Gasteiger partial charge in [0.15, 0.2) is 0 Å². The van der Waals surface area contributed by atoms with E-state index in [1.165, 1.54) is 11.8 Å². The van der Waals surface area contributed by atoms with Crippen molar-refractivity contribution in [3.8, 4) is 0 Å². The molecular formula is C11H14N2O. The van der Waals surface area contributed by atoms with Crippen LogP contribution in [-0.4, -0.2) is 18.7 Å². The Labute approximate surface area is 83.5 Å². The van der Waals surface area contributed by atoms with Crippen LogP contribution in [0.2, 0.25) is 0 Å². The van der Waals surface area contributed by atoms with E-state index in [9.17, 15) is 0 Å². The molecule has 3 N–H and O–H groups in total. The van der Waals surface area contributed by atoms with E-state index in [0.29, 0.717) is 0 Å². The summed E-state index contributed by atoms with van der Waals surface area (Å²) in [7, 11) is 1.90. The third-order valence-electron chi connectivity index (χ3n) is 2.50. The van der Waals surface area contributed by atoms with E-state index in [-0.39, 0.29) is 0 Å². The van der Waals surface area contributed by atoms with Crippen LogP contribution in [0, 0.1) is 0 Å². The van der Waals surface area contributed by atoms with Crippen molar-refractivity contribution in [2.45, 2.75) is 6.42 Å². The van der Waals surface area contributed by atoms with Gasteiger partial charge in [-0.05, 0) is 29.3 Å². The Hall–Kier alpha value is -1.64. The van der Waals surface area contributed by atoms with Gasteiger partial charge < -0.3 is 15.7 Å². The quantitative estimate of drug-likeness (QED) is 0.594. The molecule has 0 bridgehead atoms. The molecule has 0 aliphatic carbocycles. The van der Waals surface area contributed by atoms with Gasteiger partial charge in [-0.15, -0.1) is 0 Å². The standard InChI is InChI=1S/C11H14N2O/c1-12-10-2-3-11-9(5-10)4-8(7-14)6-13-11/h2-3,5,7,12-14H,4,6H2,1H3/b8-7+. The highest BCUT2D eigenvalue weighted by molar-refractivity contribution is 5.62. The van der Waals surface area contributed by atoms with Crippen LogP contribution in [0.1, 0.15) is 5.56 Å². The van der Waals surface area contributed by atoms with E-state index < -0.39 is 0 Å². The highest BCUT2D eigenvalue weighted by Gasteiger charge is 2.12. The molecule has 0 amide bonds. The molecule has 3 nitrogen and oxygen atoms in total. The van der Waals surface area contributed by atoms with Crippen molar-refractivity contribution in [2.75, 3.05) is 24.2 Å². The number of nitrogens with one attached hydrogen (secondary N) is 2. The second kappa shape index (κ2) is 3.62. The lowest BCUT2D eigenvalue weighted by Gasteiger charge is -2.20. The molecule has 74 valence electrons. The molecule has 1 aromatic carbocycles. The van der Waals surface area contributed by atoms with E-state index in [0.717, 1.165) is 29.9 Å². The van der Waals surface area contributed by atoms with Crippen molar-refractivity contribution in [2.24, 2.45) is 0 Å². The Bertz CT molecular complexity index is 372. The van der Waals surface area contributed by atoms with E-state index >= 15 is 0 Å². The molecule has 1 aliphatic heterocycles. The fourth-order valence-corrected chi connectivity index (χ4v) is 1.68. The molecule has 2 rings (SSSR count). The van der Waals surface area contributed by atoms with Gasteiger partial charge in [-0.2, -0.15) is 0 Å². The molecule has 1 heterocycles. The maximum Gasteiger partial charge on any atom is 0.0804 e. The average molecular weight is 190 g/mol. The average Bonchev–Trinajstić information content (AvgIpc) is 2.27. The van der Waals surface area contributed by atoms with Crippen LogP contribution < -0.4 is 10.6 Å². The number of anilines is 2. The highest BCUT2D eigenvalue weighted by atomic mass is 16.2. The van der Waals surface area contributed by atoms with Crippen LogP contribution in [0.15, 0.2) is 30.0 Å². The van der Waals surface area contributed by atoms with Crippen molar-refractivity contribution in [1.29, 1.82) is 0 Å². The summed E-state index contributed by atoms with van der Waals surface area (Å²) in [6, 6.07) is 6.21. The zero-order valence-corrected chi connectivity index (χ0v) is 8.17. The summed E-state index contributed by atoms with van der Waals surface area (Å²) >= 11 is 0. The van der Waals surface area contributed by atoms with Gasteiger partial charge in [0.2, 0.25) is 0 Å². The van der Waals surface area contributed by atoms with E-state index in [2.05, 4.69) is 22.8 Å². The van der Waals surface area contributed by atoms with Gasteiger partial charge in [-0.1, -0.05) is 0 Å². The van der Waals surface area contributed by atoms with Gasteiger partial charge in [0.1, 0.15) is 0 Å². The monoisotopic (exact) mass is 190 g/mol. The highest BCUT2D eigenvalue weighted by Crippen LogP contribution is 2.26. The number of hydrogen-bond acceptors (Lipinski definition) is 3. The van der Waals surface area contributed by atoms with Gasteiger partial charge >= 0.3 is 0 Å². The number of rotatable bonds is 1. The number of benzene rings is 1. The number of aliphatic hydroxyl groups is 1. The lowest BCUT2D eigenvalue weighted by atomic mass is 9.99. The molecule has 0 saturated carbocycles. The van der Waals surface area contributed by atoms with Gasteiger partial charge in [-0.25, -0.2) is 0 Å². The maximum atomic E-state index is 8.93. The maximum absolute atomic E-state index is 8.93. The minimum absolute atomic E-state index is 0.738. The first-order chi connectivity index (χ1) is 6.83. The summed E-state index contributed by atoms with van der Waals surface area (Å²) in [5, 5.41) is 15.3. The molecule has 0 radical (unpaired) electrons. The first kappa shape index (κ1) is 8.94. The van der Waals surface area contributed by atoms with Crippen LogP contribution in [0.25, 0.3) is 0 Å². The summed E-state index contributed by atoms with van der Waals surface area (Å²) in [6.07, 6.45) is 2.02. The molecular weight excluding hydrogens is 176 g/mol. The van der Waals surface area contributed by atoms with Gasteiger partial charge in [0.25, 0.3) is 0 Å². The lowest BCUT2D eigenvalue weighted by Crippen LogP contribution is -2.15. The molecule has 0 fully saturated rings. The SMILES string of the molecule is CNc1ccc2c(c1)C/C(=C\O)CN2. The van der Waals surface area contributed by atoms with E-state index in [1.54, 1.807) is 0 Å². The fourth-order valence-electron chi connectivity index (χ4n) is 1.68. The van der Waals surface area contributed by atoms with Gasteiger partial charge in [-0.3, -0.25) is 0 Å². The first-order valence-electron chi connectivity index (χ1n) is 4.70. The van der Waals surface area contributed by atoms with E-state index in [4.69, 9.17) is 5.11 Å². The molecule has 0 saturated heterocycles. The smallest absolute Gasteiger partial charge is 0.0804 e. The number of fused-ring (bicyclic) bond motifs is 1. The predicted octanol–water partition coefficient (Wildman–Crippen LogP) is 2.14. The van der Waals surface area contributed by atoms with Crippen molar-refractivity contribution in [3.05, 3.63) is 35.6 Å². The number of aliphatic hydroxyl groups excluding tert-OH is 1. The Kier molecular flexibility index (Phi) is 2.31. The van der Waals surface area contributed by atoms with Gasteiger partial charge in [0.05, 0.1) is 6.26 Å². The van der Waals surface area contributed by atoms with Crippen LogP contribution >= 0.6 is 0 Å². The molecule has 0 aromatic heterocycles. The Morgan fingerprint density at radius 3 is 3.07 bits per heavy atom. The molecule has 0 unspecified atom stereocenters. The Balaban J connectivity index is 2.34. The molecule has 1 aromatic rings. The van der Waals surface area contributed by atoms with Crippen LogP contribution in [0.5, 0.6) is 0 Å². The third-order valence-corrected chi connectivity index (χ3v) is 2.50. The number of hydrogen-bond donors (Lipinski definition) is 3. The van der Waals surface area contributed by atoms with Crippen molar-refractivity contribution >= 4 is 11.4 Å². The molecule has 3 heteroatoms. The molecule has 14 heavy (non-hydrogen) atoms. The molecule has 0 spiro atoms. The summed E-state index contributed by atoms with van der Waals surface area (Å²) in [5.41, 5.74) is 4.51. The summed E-state index contributed by atoms with van der Waals surface area (Å²) in [5.74, 6) is 0. The summed E-state index contributed by atoms with van der Waals surface area (Å²) in [4.78, 5) is 0. The van der Waals surface area contributed by atoms with Crippen molar-refractivity contribution in [1.82, 2.24) is 0 Å².